The largest absolute Gasteiger partial charge is 0.493 e. The van der Waals surface area contributed by atoms with Gasteiger partial charge in [-0.3, -0.25) is 0 Å². The Labute approximate surface area is 184 Å². The maximum absolute atomic E-state index is 11.3. The number of rotatable bonds is 7. The van der Waals surface area contributed by atoms with Crippen molar-refractivity contribution in [2.75, 3.05) is 33.1 Å². The molecule has 5 rings (SSSR count). The number of fused-ring (bicyclic) bond motifs is 3. The van der Waals surface area contributed by atoms with Crippen molar-refractivity contribution >= 4 is 23.4 Å². The van der Waals surface area contributed by atoms with Crippen molar-refractivity contribution in [2.45, 2.75) is 12.5 Å². The number of benzene rings is 2. The van der Waals surface area contributed by atoms with Crippen LogP contribution in [0.1, 0.15) is 6.42 Å². The average molecular weight is 448 g/mol. The molecule has 31 heavy (non-hydrogen) atoms. The van der Waals surface area contributed by atoms with E-state index in [2.05, 4.69) is 5.32 Å². The van der Waals surface area contributed by atoms with Gasteiger partial charge in [0.1, 0.15) is 24.0 Å². The van der Waals surface area contributed by atoms with Gasteiger partial charge in [0, 0.05) is 36.2 Å². The fourth-order valence-electron chi connectivity index (χ4n) is 3.39. The molecule has 1 atom stereocenters. The summed E-state index contributed by atoms with van der Waals surface area (Å²) in [5, 5.41) is 4.23. The lowest BCUT2D eigenvalue weighted by atomic mass is 10.2. The molecular formula is C22H22ClNO7. The summed E-state index contributed by atoms with van der Waals surface area (Å²) >= 11 is 0. The summed E-state index contributed by atoms with van der Waals surface area (Å²) in [5.41, 5.74) is 0.154. The van der Waals surface area contributed by atoms with Crippen LogP contribution in [0.15, 0.2) is 51.7 Å². The van der Waals surface area contributed by atoms with E-state index >= 15 is 0 Å². The van der Waals surface area contributed by atoms with Crippen LogP contribution in [0, 0.1) is 0 Å². The van der Waals surface area contributed by atoms with Gasteiger partial charge in [0.2, 0.25) is 6.79 Å². The monoisotopic (exact) mass is 447 g/mol. The van der Waals surface area contributed by atoms with Crippen molar-refractivity contribution in [2.24, 2.45) is 0 Å². The van der Waals surface area contributed by atoms with Gasteiger partial charge in [-0.1, -0.05) is 0 Å². The van der Waals surface area contributed by atoms with Crippen molar-refractivity contribution in [1.82, 2.24) is 5.32 Å². The molecule has 2 aliphatic rings. The Bertz CT molecular complexity index is 1120. The van der Waals surface area contributed by atoms with E-state index < -0.39 is 0 Å². The summed E-state index contributed by atoms with van der Waals surface area (Å²) in [4.78, 5) is 11.3. The van der Waals surface area contributed by atoms with E-state index in [9.17, 15) is 4.79 Å². The first kappa shape index (κ1) is 21.1. The number of ether oxygens (including phenoxy) is 5. The van der Waals surface area contributed by atoms with Crippen molar-refractivity contribution in [3.8, 4) is 28.7 Å². The first-order valence-corrected chi connectivity index (χ1v) is 9.85. The van der Waals surface area contributed by atoms with Gasteiger partial charge in [-0.05, 0) is 31.2 Å². The molecule has 0 aliphatic carbocycles. The average Bonchev–Trinajstić information content (AvgIpc) is 3.21. The van der Waals surface area contributed by atoms with Gasteiger partial charge in [-0.25, -0.2) is 4.79 Å². The van der Waals surface area contributed by atoms with Gasteiger partial charge in [0.25, 0.3) is 0 Å². The molecule has 8 nitrogen and oxygen atoms in total. The van der Waals surface area contributed by atoms with Crippen LogP contribution in [0.4, 0.5) is 0 Å². The lowest BCUT2D eigenvalue weighted by Crippen LogP contribution is -2.39. The smallest absolute Gasteiger partial charge is 0.336 e. The molecule has 0 bridgehead atoms. The molecule has 164 valence electrons. The molecule has 3 aromatic rings. The van der Waals surface area contributed by atoms with Crippen LogP contribution in [0.5, 0.6) is 28.7 Å². The molecule has 9 heteroatoms. The van der Waals surface area contributed by atoms with Crippen molar-refractivity contribution < 1.29 is 28.1 Å². The van der Waals surface area contributed by atoms with Crippen LogP contribution in [0.2, 0.25) is 0 Å². The normalized spacial score (nSPS) is 16.1. The number of hydrogen-bond acceptors (Lipinski definition) is 8. The van der Waals surface area contributed by atoms with Crippen LogP contribution < -0.4 is 34.6 Å². The molecule has 1 N–H and O–H groups in total. The number of halogens is 1. The summed E-state index contributed by atoms with van der Waals surface area (Å²) in [6.07, 6.45) is 0.738. The lowest BCUT2D eigenvalue weighted by molar-refractivity contribution is 0.0899. The second kappa shape index (κ2) is 9.36. The SMILES string of the molecule is Cl.O=c1ccc2ccc(OCCCNC[C@H]3COc4cc5c(cc4O3)OCO5)cc2o1. The van der Waals surface area contributed by atoms with Crippen molar-refractivity contribution in [1.29, 1.82) is 0 Å². The zero-order chi connectivity index (χ0) is 20.3. The third-order valence-corrected chi connectivity index (χ3v) is 4.89. The van der Waals surface area contributed by atoms with E-state index in [4.69, 9.17) is 28.1 Å². The predicted octanol–water partition coefficient (Wildman–Crippen LogP) is 3.14. The fraction of sp³-hybridized carbons (Fsp3) is 0.318. The Morgan fingerprint density at radius 2 is 1.74 bits per heavy atom. The highest BCUT2D eigenvalue weighted by Crippen LogP contribution is 2.43. The lowest BCUT2D eigenvalue weighted by Gasteiger charge is -2.27. The van der Waals surface area contributed by atoms with Crippen LogP contribution in [-0.2, 0) is 0 Å². The summed E-state index contributed by atoms with van der Waals surface area (Å²) in [6, 6.07) is 12.2. The maximum atomic E-state index is 11.3. The van der Waals surface area contributed by atoms with Crippen molar-refractivity contribution in [3.05, 3.63) is 52.9 Å². The molecule has 0 unspecified atom stereocenters. The number of nitrogens with one attached hydrogen (secondary N) is 1. The van der Waals surface area contributed by atoms with Gasteiger partial charge in [-0.15, -0.1) is 12.4 Å². The molecule has 0 saturated carbocycles. The summed E-state index contributed by atoms with van der Waals surface area (Å²) < 4.78 is 33.4. The Hall–Kier alpha value is -3.10. The Kier molecular flexibility index (Phi) is 6.39. The van der Waals surface area contributed by atoms with E-state index in [0.29, 0.717) is 54.1 Å². The molecule has 0 amide bonds. The Morgan fingerprint density at radius 3 is 2.61 bits per heavy atom. The molecule has 0 spiro atoms. The summed E-state index contributed by atoms with van der Waals surface area (Å²) in [6.45, 7) is 2.67. The van der Waals surface area contributed by atoms with E-state index in [1.165, 1.54) is 6.07 Å². The van der Waals surface area contributed by atoms with Gasteiger partial charge < -0.3 is 33.4 Å². The molecule has 2 aromatic carbocycles. The van der Waals surface area contributed by atoms with Gasteiger partial charge in [-0.2, -0.15) is 0 Å². The van der Waals surface area contributed by atoms with E-state index in [-0.39, 0.29) is 30.9 Å². The first-order valence-electron chi connectivity index (χ1n) is 9.85. The highest BCUT2D eigenvalue weighted by Gasteiger charge is 2.25. The summed E-state index contributed by atoms with van der Waals surface area (Å²) in [5.74, 6) is 3.38. The van der Waals surface area contributed by atoms with Crippen LogP contribution in [0.3, 0.4) is 0 Å². The second-order valence-electron chi connectivity index (χ2n) is 7.06. The first-order chi connectivity index (χ1) is 14.7. The van der Waals surface area contributed by atoms with Crippen LogP contribution in [-0.4, -0.2) is 39.2 Å². The zero-order valence-electron chi connectivity index (χ0n) is 16.6. The third-order valence-electron chi connectivity index (χ3n) is 4.89. The topological polar surface area (TPSA) is 88.4 Å². The molecule has 2 aliphatic heterocycles. The fourth-order valence-corrected chi connectivity index (χ4v) is 3.39. The second-order valence-corrected chi connectivity index (χ2v) is 7.06. The van der Waals surface area contributed by atoms with E-state index in [1.54, 1.807) is 18.2 Å². The minimum atomic E-state index is -0.370. The van der Waals surface area contributed by atoms with Gasteiger partial charge >= 0.3 is 5.63 Å². The highest BCUT2D eigenvalue weighted by molar-refractivity contribution is 5.85. The highest BCUT2D eigenvalue weighted by atomic mass is 35.5. The molecule has 3 heterocycles. The Balaban J connectivity index is 0.00000231. The van der Waals surface area contributed by atoms with E-state index in [1.807, 2.05) is 18.2 Å². The zero-order valence-corrected chi connectivity index (χ0v) is 17.4. The standard InChI is InChI=1S/C22H21NO7.ClH/c24-22-5-3-14-2-4-15(8-17(14)30-22)25-7-1-6-23-11-16-12-26-20-9-18-19(28-13-27-18)10-21(20)29-16;/h2-5,8-10,16,23H,1,6-7,11-13H2;1H/t16-;/m0./s1. The molecule has 0 radical (unpaired) electrons. The third kappa shape index (κ3) is 4.81. The molecule has 0 fully saturated rings. The minimum absolute atomic E-state index is 0. The summed E-state index contributed by atoms with van der Waals surface area (Å²) in [7, 11) is 0. The Morgan fingerprint density at radius 1 is 0.968 bits per heavy atom. The number of hydrogen-bond donors (Lipinski definition) is 1. The molecular weight excluding hydrogens is 426 g/mol. The van der Waals surface area contributed by atoms with Crippen LogP contribution >= 0.6 is 12.4 Å². The maximum Gasteiger partial charge on any atom is 0.336 e. The molecule has 1 aromatic heterocycles. The van der Waals surface area contributed by atoms with Crippen molar-refractivity contribution in [3.63, 3.8) is 0 Å². The molecule has 0 saturated heterocycles. The predicted molar refractivity (Wildman–Crippen MR) is 115 cm³/mol. The van der Waals surface area contributed by atoms with Gasteiger partial charge in [0.15, 0.2) is 23.0 Å². The minimum Gasteiger partial charge on any atom is -0.493 e. The van der Waals surface area contributed by atoms with E-state index in [0.717, 1.165) is 18.4 Å². The van der Waals surface area contributed by atoms with Gasteiger partial charge in [0.05, 0.1) is 6.61 Å². The van der Waals surface area contributed by atoms with Crippen LogP contribution in [0.25, 0.3) is 11.0 Å². The quantitative estimate of drug-likeness (QED) is 0.436.